The van der Waals surface area contributed by atoms with Gasteiger partial charge in [-0.2, -0.15) is 0 Å². The summed E-state index contributed by atoms with van der Waals surface area (Å²) in [4.78, 5) is 30.1. The Labute approximate surface area is 198 Å². The first kappa shape index (κ1) is 26.3. The van der Waals surface area contributed by atoms with Gasteiger partial charge in [-0.3, -0.25) is 14.4 Å². The lowest BCUT2D eigenvalue weighted by Gasteiger charge is -2.22. The Kier molecular flexibility index (Phi) is 12.6. The van der Waals surface area contributed by atoms with E-state index in [0.29, 0.717) is 12.0 Å². The van der Waals surface area contributed by atoms with E-state index in [0.717, 1.165) is 24.0 Å². The summed E-state index contributed by atoms with van der Waals surface area (Å²) in [6.07, 6.45) is 13.0. The molecule has 0 atom stereocenters. The van der Waals surface area contributed by atoms with E-state index in [1.807, 2.05) is 54.6 Å². The molecule has 5 heteroatoms. The largest absolute Gasteiger partial charge is 0.481 e. The van der Waals surface area contributed by atoms with E-state index in [2.05, 4.69) is 13.0 Å². The molecular weight excluding hydrogens is 414 g/mol. The van der Waals surface area contributed by atoms with Crippen molar-refractivity contribution in [3.8, 4) is 0 Å². The first-order valence-electron chi connectivity index (χ1n) is 12.1. The molecular formula is C28H37NO4. The lowest BCUT2D eigenvalue weighted by atomic mass is 10.0. The van der Waals surface area contributed by atoms with Crippen molar-refractivity contribution in [1.82, 2.24) is 5.06 Å². The number of hydrogen-bond acceptors (Lipinski definition) is 3. The third-order valence-electron chi connectivity index (χ3n) is 5.42. The molecule has 1 amide bonds. The number of carboxylic acid groups (broad SMARTS) is 1. The van der Waals surface area contributed by atoms with Gasteiger partial charge < -0.3 is 5.11 Å². The monoisotopic (exact) mass is 451 g/mol. The van der Waals surface area contributed by atoms with Gasteiger partial charge in [0.05, 0.1) is 0 Å². The fraction of sp³-hybridized carbons (Fsp3) is 0.429. The molecule has 5 nitrogen and oxygen atoms in total. The van der Waals surface area contributed by atoms with Crippen LogP contribution in [0.1, 0.15) is 86.2 Å². The molecule has 0 bridgehead atoms. The van der Waals surface area contributed by atoms with Crippen molar-refractivity contribution in [2.45, 2.75) is 71.3 Å². The topological polar surface area (TPSA) is 66.8 Å². The normalized spacial score (nSPS) is 11.1. The molecule has 0 aliphatic carbocycles. The average molecular weight is 452 g/mol. The van der Waals surface area contributed by atoms with Crippen LogP contribution in [0.25, 0.3) is 6.08 Å². The van der Waals surface area contributed by atoms with E-state index in [-0.39, 0.29) is 25.5 Å². The smallest absolute Gasteiger partial charge is 0.303 e. The van der Waals surface area contributed by atoms with Crippen molar-refractivity contribution in [3.63, 3.8) is 0 Å². The van der Waals surface area contributed by atoms with Gasteiger partial charge in [0.25, 0.3) is 5.91 Å². The number of nitrogens with zero attached hydrogens (tertiary/aromatic N) is 1. The Balaban J connectivity index is 2.01. The minimum absolute atomic E-state index is 0.0156. The van der Waals surface area contributed by atoms with E-state index in [1.165, 1.54) is 37.2 Å². The summed E-state index contributed by atoms with van der Waals surface area (Å²) < 4.78 is 0. The van der Waals surface area contributed by atoms with Gasteiger partial charge in [0.15, 0.2) is 0 Å². The second-order valence-electron chi connectivity index (χ2n) is 8.21. The number of rotatable bonds is 16. The summed E-state index contributed by atoms with van der Waals surface area (Å²) >= 11 is 0. The van der Waals surface area contributed by atoms with Crippen molar-refractivity contribution in [2.75, 3.05) is 6.54 Å². The fourth-order valence-corrected chi connectivity index (χ4v) is 3.55. The summed E-state index contributed by atoms with van der Waals surface area (Å²) in [5.41, 5.74) is 2.35. The molecule has 33 heavy (non-hydrogen) atoms. The van der Waals surface area contributed by atoms with Crippen LogP contribution in [0.4, 0.5) is 0 Å². The number of carboxylic acids is 1. The summed E-state index contributed by atoms with van der Waals surface area (Å²) in [6.45, 7) is 2.69. The molecule has 0 saturated heterocycles. The Morgan fingerprint density at radius 1 is 0.909 bits per heavy atom. The molecule has 0 aliphatic heterocycles. The second kappa shape index (κ2) is 15.8. The number of hydrogen-bond donors (Lipinski definition) is 1. The highest BCUT2D eigenvalue weighted by Gasteiger charge is 2.19. The predicted molar refractivity (Wildman–Crippen MR) is 133 cm³/mol. The average Bonchev–Trinajstić information content (AvgIpc) is 2.83. The van der Waals surface area contributed by atoms with Crippen LogP contribution < -0.4 is 0 Å². The molecule has 0 fully saturated rings. The molecule has 0 aromatic heterocycles. The first-order chi connectivity index (χ1) is 16.1. The maximum atomic E-state index is 13.3. The SMILES string of the molecule is CCCCCCCCC=Cc1ccccc1C(=O)N(CCCC(=O)O)OCc1ccccc1. The minimum Gasteiger partial charge on any atom is -0.481 e. The molecule has 0 saturated carbocycles. The molecule has 0 spiro atoms. The lowest BCUT2D eigenvalue weighted by molar-refractivity contribution is -0.142. The van der Waals surface area contributed by atoms with Gasteiger partial charge in [0, 0.05) is 18.5 Å². The predicted octanol–water partition coefficient (Wildman–Crippen LogP) is 6.89. The number of carbonyl (C=O) groups is 2. The number of allylic oxidation sites excluding steroid dienone is 1. The van der Waals surface area contributed by atoms with E-state index in [9.17, 15) is 9.59 Å². The van der Waals surface area contributed by atoms with Gasteiger partial charge in [0.2, 0.25) is 0 Å². The van der Waals surface area contributed by atoms with Crippen LogP contribution in [0.15, 0.2) is 60.7 Å². The maximum absolute atomic E-state index is 13.3. The molecule has 0 radical (unpaired) electrons. The highest BCUT2D eigenvalue weighted by atomic mass is 16.7. The molecule has 2 aromatic carbocycles. The number of aliphatic carboxylic acids is 1. The standard InChI is InChI=1S/C28H37NO4/c1-2-3-4-5-6-7-8-12-18-25-19-13-14-20-26(25)28(32)29(22-15-21-27(30)31)33-23-24-16-10-9-11-17-24/h9-14,16-20H,2-8,15,21-23H2,1H3,(H,30,31). The highest BCUT2D eigenvalue weighted by Crippen LogP contribution is 2.17. The Bertz CT molecular complexity index is 863. The van der Waals surface area contributed by atoms with Crippen LogP contribution >= 0.6 is 0 Å². The summed E-state index contributed by atoms with van der Waals surface area (Å²) in [5.74, 6) is -1.14. The third kappa shape index (κ3) is 10.5. The zero-order chi connectivity index (χ0) is 23.7. The van der Waals surface area contributed by atoms with Crippen LogP contribution in [0.2, 0.25) is 0 Å². The van der Waals surface area contributed by atoms with E-state index in [1.54, 1.807) is 6.07 Å². The molecule has 0 heterocycles. The van der Waals surface area contributed by atoms with Crippen LogP contribution in [-0.4, -0.2) is 28.6 Å². The van der Waals surface area contributed by atoms with E-state index >= 15 is 0 Å². The summed E-state index contributed by atoms with van der Waals surface area (Å²) in [5, 5.41) is 10.3. The number of unbranched alkanes of at least 4 members (excludes halogenated alkanes) is 6. The zero-order valence-corrected chi connectivity index (χ0v) is 19.7. The fourth-order valence-electron chi connectivity index (χ4n) is 3.55. The quantitative estimate of drug-likeness (QED) is 0.223. The molecule has 0 aliphatic rings. The van der Waals surface area contributed by atoms with Gasteiger partial charge >= 0.3 is 5.97 Å². The third-order valence-corrected chi connectivity index (χ3v) is 5.42. The van der Waals surface area contributed by atoms with Crippen LogP contribution in [0.3, 0.4) is 0 Å². The lowest BCUT2D eigenvalue weighted by Crippen LogP contribution is -2.33. The van der Waals surface area contributed by atoms with Gasteiger partial charge in [-0.1, -0.05) is 99.7 Å². The highest BCUT2D eigenvalue weighted by molar-refractivity contribution is 5.97. The number of benzene rings is 2. The number of hydroxylamine groups is 2. The Hall–Kier alpha value is -2.92. The molecule has 1 N–H and O–H groups in total. The summed E-state index contributed by atoms with van der Waals surface area (Å²) in [6, 6.07) is 17.1. The molecule has 178 valence electrons. The summed E-state index contributed by atoms with van der Waals surface area (Å²) in [7, 11) is 0. The first-order valence-corrected chi connectivity index (χ1v) is 12.1. The van der Waals surface area contributed by atoms with Gasteiger partial charge in [-0.05, 0) is 36.5 Å². The van der Waals surface area contributed by atoms with Crippen molar-refractivity contribution in [3.05, 3.63) is 77.4 Å². The minimum atomic E-state index is -0.886. The van der Waals surface area contributed by atoms with E-state index < -0.39 is 5.97 Å². The van der Waals surface area contributed by atoms with Gasteiger partial charge in [-0.25, -0.2) is 5.06 Å². The Morgan fingerprint density at radius 2 is 1.61 bits per heavy atom. The number of amides is 1. The Morgan fingerprint density at radius 3 is 2.36 bits per heavy atom. The van der Waals surface area contributed by atoms with Crippen LogP contribution in [0.5, 0.6) is 0 Å². The van der Waals surface area contributed by atoms with E-state index in [4.69, 9.17) is 9.94 Å². The van der Waals surface area contributed by atoms with Gasteiger partial charge in [-0.15, -0.1) is 0 Å². The second-order valence-corrected chi connectivity index (χ2v) is 8.21. The van der Waals surface area contributed by atoms with Crippen molar-refractivity contribution < 1.29 is 19.5 Å². The molecule has 0 unspecified atom stereocenters. The maximum Gasteiger partial charge on any atom is 0.303 e. The molecule has 2 rings (SSSR count). The van der Waals surface area contributed by atoms with Crippen molar-refractivity contribution >= 4 is 18.0 Å². The van der Waals surface area contributed by atoms with Gasteiger partial charge in [0.1, 0.15) is 6.61 Å². The van der Waals surface area contributed by atoms with Crippen molar-refractivity contribution in [2.24, 2.45) is 0 Å². The molecule has 2 aromatic rings. The van der Waals surface area contributed by atoms with Crippen molar-refractivity contribution in [1.29, 1.82) is 0 Å². The zero-order valence-electron chi connectivity index (χ0n) is 19.7. The van der Waals surface area contributed by atoms with Crippen LogP contribution in [0, 0.1) is 0 Å². The number of carbonyl (C=O) groups excluding carboxylic acids is 1. The van der Waals surface area contributed by atoms with Crippen LogP contribution in [-0.2, 0) is 16.2 Å².